The summed E-state index contributed by atoms with van der Waals surface area (Å²) in [6.07, 6.45) is 3.11. The van der Waals surface area contributed by atoms with Crippen molar-refractivity contribution in [3.05, 3.63) is 58.3 Å². The molecule has 1 heterocycles. The highest BCUT2D eigenvalue weighted by molar-refractivity contribution is 6.35. The Hall–Kier alpha value is -2.29. The number of carbonyl (C=O) groups is 1. The molecule has 0 spiro atoms. The third-order valence-corrected chi connectivity index (χ3v) is 3.24. The average Bonchev–Trinajstić information content (AvgIpc) is 2.52. The molecule has 0 fully saturated rings. The summed E-state index contributed by atoms with van der Waals surface area (Å²) >= 11 is 11.7. The smallest absolute Gasteiger partial charge is 0.259 e. The first-order valence-corrected chi connectivity index (χ1v) is 7.02. The monoisotopic (exact) mass is 335 g/mol. The van der Waals surface area contributed by atoms with E-state index in [4.69, 9.17) is 33.2 Å². The number of amides is 1. The van der Waals surface area contributed by atoms with Crippen LogP contribution in [0, 0.1) is 11.3 Å². The van der Waals surface area contributed by atoms with Gasteiger partial charge in [-0.3, -0.25) is 9.78 Å². The normalized spacial score (nSPS) is 11.3. The van der Waals surface area contributed by atoms with E-state index in [2.05, 4.69) is 10.3 Å². The number of pyridine rings is 1. The third-order valence-electron chi connectivity index (χ3n) is 2.70. The molecule has 1 N–H and O–H groups in total. The van der Waals surface area contributed by atoms with E-state index >= 15 is 0 Å². The molecular weight excluding hydrogens is 325 g/mol. The van der Waals surface area contributed by atoms with Crippen LogP contribution >= 0.6 is 23.2 Å². The van der Waals surface area contributed by atoms with Gasteiger partial charge in [-0.1, -0.05) is 29.3 Å². The summed E-state index contributed by atoms with van der Waals surface area (Å²) in [6.45, 7) is -0.264. The van der Waals surface area contributed by atoms with Crippen LogP contribution < -0.4 is 10.1 Å². The van der Waals surface area contributed by atoms with Crippen LogP contribution in [0.15, 0.2) is 42.7 Å². The molecule has 2 rings (SSSR count). The molecule has 5 nitrogen and oxygen atoms in total. The topological polar surface area (TPSA) is 75.0 Å². The van der Waals surface area contributed by atoms with E-state index in [1.807, 2.05) is 6.07 Å². The lowest BCUT2D eigenvalue weighted by Crippen LogP contribution is -2.32. The van der Waals surface area contributed by atoms with E-state index in [9.17, 15) is 4.79 Å². The summed E-state index contributed by atoms with van der Waals surface area (Å²) in [5, 5.41) is 12.5. The van der Waals surface area contributed by atoms with Crippen molar-refractivity contribution in [1.29, 1.82) is 5.26 Å². The highest BCUT2D eigenvalue weighted by atomic mass is 35.5. The maximum absolute atomic E-state index is 11.9. The van der Waals surface area contributed by atoms with Crippen molar-refractivity contribution in [2.24, 2.45) is 0 Å². The molecule has 22 heavy (non-hydrogen) atoms. The van der Waals surface area contributed by atoms with E-state index in [0.29, 0.717) is 21.4 Å². The van der Waals surface area contributed by atoms with Crippen molar-refractivity contribution >= 4 is 29.1 Å². The highest BCUT2D eigenvalue weighted by Crippen LogP contribution is 2.27. The van der Waals surface area contributed by atoms with E-state index < -0.39 is 11.9 Å². The molecule has 7 heteroatoms. The van der Waals surface area contributed by atoms with Crippen molar-refractivity contribution in [2.45, 2.75) is 6.04 Å². The number of nitrogens with zero attached hydrogens (tertiary/aromatic N) is 2. The maximum atomic E-state index is 11.9. The zero-order valence-corrected chi connectivity index (χ0v) is 12.8. The number of halogens is 2. The largest absolute Gasteiger partial charge is 0.482 e. The number of hydrogen-bond acceptors (Lipinski definition) is 4. The van der Waals surface area contributed by atoms with E-state index in [1.54, 1.807) is 30.5 Å². The van der Waals surface area contributed by atoms with Gasteiger partial charge in [0.05, 0.1) is 11.1 Å². The lowest BCUT2D eigenvalue weighted by Gasteiger charge is -2.12. The van der Waals surface area contributed by atoms with Crippen LogP contribution in [-0.2, 0) is 4.79 Å². The Morgan fingerprint density at radius 2 is 2.23 bits per heavy atom. The molecule has 1 aromatic carbocycles. The van der Waals surface area contributed by atoms with Crippen molar-refractivity contribution in [2.75, 3.05) is 6.61 Å². The van der Waals surface area contributed by atoms with Gasteiger partial charge >= 0.3 is 0 Å². The summed E-state index contributed by atoms with van der Waals surface area (Å²) in [4.78, 5) is 15.8. The number of nitriles is 1. The van der Waals surface area contributed by atoms with Crippen LogP contribution in [0.5, 0.6) is 5.75 Å². The SMILES string of the molecule is N#CC(NC(=O)COc1ccc(Cl)cc1Cl)c1cccnc1. The van der Waals surface area contributed by atoms with Gasteiger partial charge in [0.15, 0.2) is 6.61 Å². The Bertz CT molecular complexity index is 702. The molecule has 2 aromatic rings. The quantitative estimate of drug-likeness (QED) is 0.910. The first kappa shape index (κ1) is 16.1. The van der Waals surface area contributed by atoms with Crippen LogP contribution in [0.4, 0.5) is 0 Å². The first-order chi connectivity index (χ1) is 10.6. The minimum atomic E-state index is -0.787. The average molecular weight is 336 g/mol. The molecule has 1 atom stereocenters. The predicted molar refractivity (Wildman–Crippen MR) is 82.7 cm³/mol. The Labute approximate surface area is 137 Å². The molecule has 0 radical (unpaired) electrons. The van der Waals surface area contributed by atoms with Crippen molar-refractivity contribution in [3.8, 4) is 11.8 Å². The van der Waals surface area contributed by atoms with Crippen molar-refractivity contribution < 1.29 is 9.53 Å². The molecule has 0 saturated carbocycles. The van der Waals surface area contributed by atoms with Gasteiger partial charge < -0.3 is 10.1 Å². The summed E-state index contributed by atoms with van der Waals surface area (Å²) in [6, 6.07) is 9.30. The molecule has 0 aliphatic carbocycles. The Balaban J connectivity index is 1.94. The Morgan fingerprint density at radius 1 is 1.41 bits per heavy atom. The third kappa shape index (κ3) is 4.35. The minimum Gasteiger partial charge on any atom is -0.482 e. The van der Waals surface area contributed by atoms with Crippen molar-refractivity contribution in [3.63, 3.8) is 0 Å². The molecule has 0 aliphatic rings. The van der Waals surface area contributed by atoms with Crippen LogP contribution in [0.2, 0.25) is 10.0 Å². The maximum Gasteiger partial charge on any atom is 0.259 e. The van der Waals surface area contributed by atoms with Gasteiger partial charge in [0, 0.05) is 23.0 Å². The zero-order valence-electron chi connectivity index (χ0n) is 11.3. The molecular formula is C15H11Cl2N3O2. The van der Waals surface area contributed by atoms with Gasteiger partial charge in [-0.25, -0.2) is 0 Å². The van der Waals surface area contributed by atoms with Gasteiger partial charge in [-0.05, 0) is 24.3 Å². The predicted octanol–water partition coefficient (Wildman–Crippen LogP) is 3.15. The fourth-order valence-electron chi connectivity index (χ4n) is 1.68. The second-order valence-electron chi connectivity index (χ2n) is 4.28. The van der Waals surface area contributed by atoms with Crippen LogP contribution in [0.3, 0.4) is 0 Å². The van der Waals surface area contributed by atoms with E-state index in [0.717, 1.165) is 0 Å². The Kier molecular flexibility index (Phi) is 5.59. The number of aromatic nitrogens is 1. The summed E-state index contributed by atoms with van der Waals surface area (Å²) in [5.41, 5.74) is 0.600. The second kappa shape index (κ2) is 7.64. The zero-order chi connectivity index (χ0) is 15.9. The van der Waals surface area contributed by atoms with E-state index in [1.165, 1.54) is 12.3 Å². The van der Waals surface area contributed by atoms with Crippen LogP contribution in [0.1, 0.15) is 11.6 Å². The molecule has 0 saturated heterocycles. The van der Waals surface area contributed by atoms with Gasteiger partial charge in [-0.15, -0.1) is 0 Å². The summed E-state index contributed by atoms with van der Waals surface area (Å²) < 4.78 is 5.31. The number of ether oxygens (including phenoxy) is 1. The van der Waals surface area contributed by atoms with Crippen LogP contribution in [0.25, 0.3) is 0 Å². The first-order valence-electron chi connectivity index (χ1n) is 6.27. The summed E-state index contributed by atoms with van der Waals surface area (Å²) in [5.74, 6) is -0.0995. The lowest BCUT2D eigenvalue weighted by molar-refractivity contribution is -0.123. The molecule has 1 aromatic heterocycles. The second-order valence-corrected chi connectivity index (χ2v) is 5.12. The number of benzene rings is 1. The highest BCUT2D eigenvalue weighted by Gasteiger charge is 2.14. The van der Waals surface area contributed by atoms with Gasteiger partial charge in [0.2, 0.25) is 0 Å². The van der Waals surface area contributed by atoms with Crippen molar-refractivity contribution in [1.82, 2.24) is 10.3 Å². The Morgan fingerprint density at radius 3 is 2.86 bits per heavy atom. The fourth-order valence-corrected chi connectivity index (χ4v) is 2.14. The minimum absolute atomic E-state index is 0.264. The standard InChI is InChI=1S/C15H11Cl2N3O2/c16-11-3-4-14(12(17)6-11)22-9-15(21)20-13(7-18)10-2-1-5-19-8-10/h1-6,8,13H,9H2,(H,20,21). The van der Waals surface area contributed by atoms with Gasteiger partial charge in [0.25, 0.3) is 5.91 Å². The molecule has 0 aliphatic heterocycles. The number of nitrogens with one attached hydrogen (secondary N) is 1. The van der Waals surface area contributed by atoms with Gasteiger partial charge in [0.1, 0.15) is 11.8 Å². The van der Waals surface area contributed by atoms with E-state index in [-0.39, 0.29) is 6.61 Å². The summed E-state index contributed by atoms with van der Waals surface area (Å²) in [7, 11) is 0. The number of rotatable bonds is 5. The number of hydrogen-bond donors (Lipinski definition) is 1. The van der Waals surface area contributed by atoms with Gasteiger partial charge in [-0.2, -0.15) is 5.26 Å². The molecule has 1 amide bonds. The van der Waals surface area contributed by atoms with Crippen LogP contribution in [-0.4, -0.2) is 17.5 Å². The lowest BCUT2D eigenvalue weighted by atomic mass is 10.1. The number of carbonyl (C=O) groups excluding carboxylic acids is 1. The molecule has 0 bridgehead atoms. The fraction of sp³-hybridized carbons (Fsp3) is 0.133. The molecule has 1 unspecified atom stereocenters. The molecule has 112 valence electrons.